The maximum Gasteiger partial charge on any atom is 0.146 e. The molecule has 1 atom stereocenters. The molecule has 2 nitrogen and oxygen atoms in total. The van der Waals surface area contributed by atoms with E-state index in [1.807, 2.05) is 56.3 Å². The van der Waals surface area contributed by atoms with E-state index in [1.165, 1.54) is 0 Å². The van der Waals surface area contributed by atoms with E-state index in [0.717, 1.165) is 16.9 Å². The Morgan fingerprint density at radius 3 is 2.44 bits per heavy atom. The van der Waals surface area contributed by atoms with Crippen LogP contribution in [0, 0.1) is 6.92 Å². The van der Waals surface area contributed by atoms with Gasteiger partial charge in [-0.1, -0.05) is 35.9 Å². The second-order valence-electron chi connectivity index (χ2n) is 4.35. The van der Waals surface area contributed by atoms with Gasteiger partial charge in [0, 0.05) is 6.04 Å². The molecule has 0 heterocycles. The lowest BCUT2D eigenvalue weighted by Crippen LogP contribution is -2.04. The van der Waals surface area contributed by atoms with E-state index in [2.05, 4.69) is 0 Å². The fourth-order valence-corrected chi connectivity index (χ4v) is 1.90. The van der Waals surface area contributed by atoms with E-state index in [-0.39, 0.29) is 6.04 Å². The number of benzene rings is 2. The summed E-state index contributed by atoms with van der Waals surface area (Å²) in [4.78, 5) is 0. The first-order valence-corrected chi connectivity index (χ1v) is 6.24. The normalized spacial score (nSPS) is 12.2. The van der Waals surface area contributed by atoms with Crippen LogP contribution in [0.2, 0.25) is 5.02 Å². The quantitative estimate of drug-likeness (QED) is 0.885. The van der Waals surface area contributed by atoms with Crippen molar-refractivity contribution >= 4 is 11.6 Å². The average molecular weight is 262 g/mol. The highest BCUT2D eigenvalue weighted by Crippen LogP contribution is 2.32. The summed E-state index contributed by atoms with van der Waals surface area (Å²) in [7, 11) is 0. The van der Waals surface area contributed by atoms with Gasteiger partial charge in [0.2, 0.25) is 0 Å². The van der Waals surface area contributed by atoms with Crippen LogP contribution in [0.15, 0.2) is 42.5 Å². The number of aryl methyl sites for hydroxylation is 1. The summed E-state index contributed by atoms with van der Waals surface area (Å²) in [6, 6.07) is 13.4. The molecule has 3 heteroatoms. The highest BCUT2D eigenvalue weighted by atomic mass is 35.5. The number of nitrogens with two attached hydrogens (primary N) is 1. The zero-order valence-corrected chi connectivity index (χ0v) is 11.2. The molecule has 94 valence electrons. The third-order valence-electron chi connectivity index (χ3n) is 2.80. The molecular formula is C15H16ClNO. The molecule has 2 aromatic carbocycles. The highest BCUT2D eigenvalue weighted by molar-refractivity contribution is 6.32. The second kappa shape index (κ2) is 5.42. The van der Waals surface area contributed by atoms with E-state index in [1.54, 1.807) is 0 Å². The SMILES string of the molecule is Cc1ccccc1Oc1ccc([C@@H](C)N)cc1Cl. The van der Waals surface area contributed by atoms with Crippen LogP contribution < -0.4 is 10.5 Å². The molecule has 0 saturated carbocycles. The van der Waals surface area contributed by atoms with E-state index in [4.69, 9.17) is 22.1 Å². The number of ether oxygens (including phenoxy) is 1. The fourth-order valence-electron chi connectivity index (χ4n) is 1.67. The largest absolute Gasteiger partial charge is 0.456 e. The Balaban J connectivity index is 2.28. The first-order valence-electron chi connectivity index (χ1n) is 5.86. The molecular weight excluding hydrogens is 246 g/mol. The lowest BCUT2D eigenvalue weighted by Gasteiger charge is -2.12. The van der Waals surface area contributed by atoms with Gasteiger partial charge in [-0.15, -0.1) is 0 Å². The van der Waals surface area contributed by atoms with Gasteiger partial charge in [0.05, 0.1) is 5.02 Å². The van der Waals surface area contributed by atoms with Gasteiger partial charge >= 0.3 is 0 Å². The van der Waals surface area contributed by atoms with Crippen molar-refractivity contribution in [2.24, 2.45) is 5.73 Å². The van der Waals surface area contributed by atoms with Crippen LogP contribution in [0.5, 0.6) is 11.5 Å². The van der Waals surface area contributed by atoms with Crippen LogP contribution in [0.1, 0.15) is 24.1 Å². The number of para-hydroxylation sites is 1. The second-order valence-corrected chi connectivity index (χ2v) is 4.75. The molecule has 0 aliphatic carbocycles. The summed E-state index contributed by atoms with van der Waals surface area (Å²) in [5.41, 5.74) is 7.88. The van der Waals surface area contributed by atoms with Gasteiger partial charge in [0.25, 0.3) is 0 Å². The molecule has 0 radical (unpaired) electrons. The van der Waals surface area contributed by atoms with Gasteiger partial charge in [-0.25, -0.2) is 0 Å². The van der Waals surface area contributed by atoms with Crippen molar-refractivity contribution in [1.82, 2.24) is 0 Å². The molecule has 2 N–H and O–H groups in total. The molecule has 0 spiro atoms. The molecule has 0 amide bonds. The topological polar surface area (TPSA) is 35.2 Å². The predicted molar refractivity (Wildman–Crippen MR) is 75.3 cm³/mol. The van der Waals surface area contributed by atoms with E-state index in [9.17, 15) is 0 Å². The summed E-state index contributed by atoms with van der Waals surface area (Å²) < 4.78 is 5.80. The summed E-state index contributed by atoms with van der Waals surface area (Å²) in [6.07, 6.45) is 0. The van der Waals surface area contributed by atoms with E-state index < -0.39 is 0 Å². The van der Waals surface area contributed by atoms with Gasteiger partial charge in [-0.2, -0.15) is 0 Å². The van der Waals surface area contributed by atoms with Crippen LogP contribution in [-0.2, 0) is 0 Å². The van der Waals surface area contributed by atoms with Crippen molar-refractivity contribution < 1.29 is 4.74 Å². The van der Waals surface area contributed by atoms with E-state index >= 15 is 0 Å². The summed E-state index contributed by atoms with van der Waals surface area (Å²) in [5.74, 6) is 1.46. The zero-order chi connectivity index (χ0) is 13.1. The summed E-state index contributed by atoms with van der Waals surface area (Å²) in [5, 5.41) is 0.577. The van der Waals surface area contributed by atoms with Crippen LogP contribution in [0.4, 0.5) is 0 Å². The molecule has 0 aromatic heterocycles. The molecule has 0 bridgehead atoms. The molecule has 0 unspecified atom stereocenters. The minimum atomic E-state index is -0.0324. The zero-order valence-electron chi connectivity index (χ0n) is 10.5. The van der Waals surface area contributed by atoms with Crippen molar-refractivity contribution in [3.63, 3.8) is 0 Å². The standard InChI is InChI=1S/C15H16ClNO/c1-10-5-3-4-6-14(10)18-15-8-7-12(11(2)17)9-13(15)16/h3-9,11H,17H2,1-2H3/t11-/m1/s1. The number of hydrogen-bond acceptors (Lipinski definition) is 2. The third kappa shape index (κ3) is 2.84. The third-order valence-corrected chi connectivity index (χ3v) is 3.09. The molecule has 0 aliphatic heterocycles. The Hall–Kier alpha value is -1.51. The summed E-state index contributed by atoms with van der Waals surface area (Å²) >= 11 is 6.20. The Morgan fingerprint density at radius 1 is 1.11 bits per heavy atom. The maximum atomic E-state index is 6.20. The van der Waals surface area contributed by atoms with Crippen molar-refractivity contribution in [3.05, 3.63) is 58.6 Å². The minimum absolute atomic E-state index is 0.0324. The van der Waals surface area contributed by atoms with Gasteiger partial charge in [-0.05, 0) is 43.2 Å². The lowest BCUT2D eigenvalue weighted by atomic mass is 10.1. The molecule has 0 fully saturated rings. The first-order chi connectivity index (χ1) is 8.58. The van der Waals surface area contributed by atoms with Crippen molar-refractivity contribution in [2.75, 3.05) is 0 Å². The lowest BCUT2D eigenvalue weighted by molar-refractivity contribution is 0.479. The Kier molecular flexibility index (Phi) is 3.90. The Morgan fingerprint density at radius 2 is 1.83 bits per heavy atom. The number of hydrogen-bond donors (Lipinski definition) is 1. The van der Waals surface area contributed by atoms with Gasteiger partial charge < -0.3 is 10.5 Å². The molecule has 0 aliphatic rings. The van der Waals surface area contributed by atoms with Crippen LogP contribution >= 0.6 is 11.6 Å². The molecule has 2 aromatic rings. The van der Waals surface area contributed by atoms with E-state index in [0.29, 0.717) is 10.8 Å². The molecule has 2 rings (SSSR count). The van der Waals surface area contributed by atoms with Crippen molar-refractivity contribution in [3.8, 4) is 11.5 Å². The summed E-state index contributed by atoms with van der Waals surface area (Å²) in [6.45, 7) is 3.92. The van der Waals surface area contributed by atoms with Gasteiger partial charge in [-0.3, -0.25) is 0 Å². The maximum absolute atomic E-state index is 6.20. The average Bonchev–Trinajstić information content (AvgIpc) is 2.34. The van der Waals surface area contributed by atoms with Gasteiger partial charge in [0.1, 0.15) is 11.5 Å². The van der Waals surface area contributed by atoms with Crippen molar-refractivity contribution in [2.45, 2.75) is 19.9 Å². The molecule has 0 saturated heterocycles. The van der Waals surface area contributed by atoms with Crippen LogP contribution in [0.25, 0.3) is 0 Å². The minimum Gasteiger partial charge on any atom is -0.456 e. The number of rotatable bonds is 3. The smallest absolute Gasteiger partial charge is 0.146 e. The Bertz CT molecular complexity index is 552. The van der Waals surface area contributed by atoms with Crippen LogP contribution in [0.3, 0.4) is 0 Å². The van der Waals surface area contributed by atoms with Crippen LogP contribution in [-0.4, -0.2) is 0 Å². The fraction of sp³-hybridized carbons (Fsp3) is 0.200. The number of halogens is 1. The van der Waals surface area contributed by atoms with Gasteiger partial charge in [0.15, 0.2) is 0 Å². The Labute approximate surface area is 112 Å². The predicted octanol–water partition coefficient (Wildman–Crippen LogP) is 4.46. The first kappa shape index (κ1) is 12.9. The highest BCUT2D eigenvalue weighted by Gasteiger charge is 2.07. The van der Waals surface area contributed by atoms with Crippen molar-refractivity contribution in [1.29, 1.82) is 0 Å². The monoisotopic (exact) mass is 261 g/mol. The molecule has 18 heavy (non-hydrogen) atoms.